The maximum atomic E-state index is 5.46. The number of ether oxygens (including phenoxy) is 2. The van der Waals surface area contributed by atoms with Crippen LogP contribution in [-0.4, -0.2) is 32.0 Å². The molecule has 0 amide bonds. The zero-order chi connectivity index (χ0) is 11.8. The fourth-order valence-electron chi connectivity index (χ4n) is 0.741. The third kappa shape index (κ3) is 10.2. The molecule has 1 aliphatic rings. The first-order chi connectivity index (χ1) is 6.97. The molecule has 2 unspecified atom stereocenters. The van der Waals surface area contributed by atoms with Crippen LogP contribution in [0.4, 0.5) is 0 Å². The van der Waals surface area contributed by atoms with Crippen LogP contribution in [0.5, 0.6) is 0 Å². The van der Waals surface area contributed by atoms with Gasteiger partial charge in [0.2, 0.25) is 0 Å². The van der Waals surface area contributed by atoms with Gasteiger partial charge in [0.25, 0.3) is 0 Å². The Hall–Kier alpha value is -0.120. The van der Waals surface area contributed by atoms with Gasteiger partial charge in [0, 0.05) is 13.2 Å². The minimum atomic E-state index is 0.376. The quantitative estimate of drug-likeness (QED) is 0.717. The van der Waals surface area contributed by atoms with Crippen LogP contribution >= 0.6 is 0 Å². The van der Waals surface area contributed by atoms with Crippen LogP contribution in [0.3, 0.4) is 0 Å². The van der Waals surface area contributed by atoms with E-state index in [0.717, 1.165) is 19.1 Å². The van der Waals surface area contributed by atoms with Crippen molar-refractivity contribution in [2.24, 2.45) is 17.6 Å². The lowest BCUT2D eigenvalue weighted by Crippen LogP contribution is -2.15. The van der Waals surface area contributed by atoms with Crippen LogP contribution < -0.4 is 5.73 Å². The zero-order valence-electron chi connectivity index (χ0n) is 10.8. The summed E-state index contributed by atoms with van der Waals surface area (Å²) in [5.41, 5.74) is 5.11. The van der Waals surface area contributed by atoms with Gasteiger partial charge in [-0.15, -0.1) is 0 Å². The van der Waals surface area contributed by atoms with Crippen molar-refractivity contribution in [2.45, 2.75) is 46.8 Å². The van der Waals surface area contributed by atoms with Gasteiger partial charge in [-0.05, 0) is 25.7 Å². The molecule has 0 aromatic carbocycles. The van der Waals surface area contributed by atoms with Gasteiger partial charge in [-0.2, -0.15) is 0 Å². The van der Waals surface area contributed by atoms with Gasteiger partial charge in [0.15, 0.2) is 0 Å². The highest BCUT2D eigenvalue weighted by Crippen LogP contribution is 2.10. The summed E-state index contributed by atoms with van der Waals surface area (Å²) < 4.78 is 10.2. The molecule has 2 atom stereocenters. The molecule has 0 spiro atoms. The van der Waals surface area contributed by atoms with Crippen molar-refractivity contribution < 1.29 is 9.47 Å². The molecule has 1 rings (SSSR count). The van der Waals surface area contributed by atoms with Gasteiger partial charge < -0.3 is 15.2 Å². The zero-order valence-corrected chi connectivity index (χ0v) is 10.8. The largest absolute Gasteiger partial charge is 0.379 e. The first-order valence-corrected chi connectivity index (χ1v) is 5.90. The molecule has 15 heavy (non-hydrogen) atoms. The summed E-state index contributed by atoms with van der Waals surface area (Å²) in [7, 11) is 0. The van der Waals surface area contributed by atoms with Crippen LogP contribution in [0.1, 0.15) is 34.6 Å². The molecule has 1 heterocycles. The van der Waals surface area contributed by atoms with Gasteiger partial charge >= 0.3 is 0 Å². The molecule has 1 aliphatic heterocycles. The Morgan fingerprint density at radius 2 is 1.80 bits per heavy atom. The molecule has 3 heteroatoms. The second-order valence-electron chi connectivity index (χ2n) is 4.79. The summed E-state index contributed by atoms with van der Waals surface area (Å²) in [5.74, 6) is 1.42. The fraction of sp³-hybridized carbons (Fsp3) is 1.00. The van der Waals surface area contributed by atoms with Gasteiger partial charge in [-0.25, -0.2) is 0 Å². The molecule has 0 aromatic heterocycles. The Morgan fingerprint density at radius 3 is 2.00 bits per heavy atom. The molecule has 0 bridgehead atoms. The second kappa shape index (κ2) is 8.08. The van der Waals surface area contributed by atoms with E-state index < -0.39 is 0 Å². The smallest absolute Gasteiger partial charge is 0.0931 e. The molecule has 2 N–H and O–H groups in total. The summed E-state index contributed by atoms with van der Waals surface area (Å²) in [6, 6.07) is 0. The number of nitrogens with two attached hydrogens (primary N) is 1. The van der Waals surface area contributed by atoms with Gasteiger partial charge in [0.1, 0.15) is 0 Å². The van der Waals surface area contributed by atoms with Gasteiger partial charge in [-0.1, -0.05) is 20.8 Å². The Bertz CT molecular complexity index is 145. The summed E-state index contributed by atoms with van der Waals surface area (Å²) in [6.07, 6.45) is 0.788. The van der Waals surface area contributed by atoms with E-state index in [1.807, 2.05) is 0 Å². The molecule has 0 saturated carbocycles. The molecule has 3 nitrogen and oxygen atoms in total. The molecule has 0 aliphatic carbocycles. The summed E-state index contributed by atoms with van der Waals surface area (Å²) >= 11 is 0. The lowest BCUT2D eigenvalue weighted by atomic mass is 9.99. The highest BCUT2D eigenvalue weighted by atomic mass is 16.6. The number of rotatable bonds is 5. The Kier molecular flexibility index (Phi) is 8.02. The van der Waals surface area contributed by atoms with Gasteiger partial charge in [0.05, 0.1) is 18.8 Å². The van der Waals surface area contributed by atoms with Crippen molar-refractivity contribution in [3.63, 3.8) is 0 Å². The third-order valence-electron chi connectivity index (χ3n) is 2.50. The van der Waals surface area contributed by atoms with E-state index in [1.54, 1.807) is 0 Å². The molecular weight excluding hydrogens is 190 g/mol. The fourth-order valence-corrected chi connectivity index (χ4v) is 0.741. The normalized spacial score (nSPS) is 21.2. The minimum absolute atomic E-state index is 0.376. The van der Waals surface area contributed by atoms with E-state index in [9.17, 15) is 0 Å². The van der Waals surface area contributed by atoms with Gasteiger partial charge in [-0.3, -0.25) is 0 Å². The van der Waals surface area contributed by atoms with Crippen molar-refractivity contribution in [3.05, 3.63) is 0 Å². The molecule has 92 valence electrons. The molecule has 1 saturated heterocycles. The predicted molar refractivity (Wildman–Crippen MR) is 63.9 cm³/mol. The van der Waals surface area contributed by atoms with Crippen molar-refractivity contribution in [1.82, 2.24) is 0 Å². The predicted octanol–water partition coefficient (Wildman–Crippen LogP) is 2.05. The monoisotopic (exact) mass is 217 g/mol. The standard InChI is InChI=1S/C9H20O.C3H7NO/c1-7(2)9(5)6-10-8(3)4;4-1-3-2-5-3/h7-9H,6H2,1-5H3;3H,1-2,4H2. The highest BCUT2D eigenvalue weighted by molar-refractivity contribution is 4.67. The number of hydrogen-bond acceptors (Lipinski definition) is 3. The van der Waals surface area contributed by atoms with E-state index in [2.05, 4.69) is 34.6 Å². The minimum Gasteiger partial charge on any atom is -0.379 e. The van der Waals surface area contributed by atoms with Crippen LogP contribution in [0, 0.1) is 11.8 Å². The topological polar surface area (TPSA) is 47.8 Å². The average Bonchev–Trinajstić information content (AvgIpc) is 2.97. The number of epoxide rings is 1. The lowest BCUT2D eigenvalue weighted by Gasteiger charge is -2.16. The molecule has 0 radical (unpaired) electrons. The van der Waals surface area contributed by atoms with Crippen molar-refractivity contribution in [2.75, 3.05) is 19.8 Å². The Labute approximate surface area is 94.3 Å². The van der Waals surface area contributed by atoms with Crippen LogP contribution in [0.2, 0.25) is 0 Å². The van der Waals surface area contributed by atoms with E-state index in [0.29, 0.717) is 24.7 Å². The molecule has 0 aromatic rings. The van der Waals surface area contributed by atoms with Crippen LogP contribution in [0.25, 0.3) is 0 Å². The van der Waals surface area contributed by atoms with E-state index >= 15 is 0 Å². The highest BCUT2D eigenvalue weighted by Gasteiger charge is 2.18. The van der Waals surface area contributed by atoms with Crippen molar-refractivity contribution in [3.8, 4) is 0 Å². The Balaban J connectivity index is 0.000000322. The van der Waals surface area contributed by atoms with Crippen molar-refractivity contribution in [1.29, 1.82) is 0 Å². The van der Waals surface area contributed by atoms with E-state index in [1.165, 1.54) is 0 Å². The maximum absolute atomic E-state index is 5.46. The maximum Gasteiger partial charge on any atom is 0.0931 e. The molecular formula is C12H27NO2. The Morgan fingerprint density at radius 1 is 1.27 bits per heavy atom. The third-order valence-corrected chi connectivity index (χ3v) is 2.50. The lowest BCUT2D eigenvalue weighted by molar-refractivity contribution is 0.0443. The first kappa shape index (κ1) is 14.9. The summed E-state index contributed by atoms with van der Waals surface area (Å²) in [6.45, 7) is 13.3. The van der Waals surface area contributed by atoms with Crippen molar-refractivity contribution >= 4 is 0 Å². The average molecular weight is 217 g/mol. The summed E-state index contributed by atoms with van der Waals surface area (Å²) in [4.78, 5) is 0. The van der Waals surface area contributed by atoms with Crippen LogP contribution in [0.15, 0.2) is 0 Å². The SMILES string of the molecule is CC(C)OCC(C)C(C)C.NCC1CO1. The molecule has 1 fully saturated rings. The van der Waals surface area contributed by atoms with E-state index in [-0.39, 0.29) is 0 Å². The second-order valence-corrected chi connectivity index (χ2v) is 4.79. The summed E-state index contributed by atoms with van der Waals surface area (Å²) in [5, 5.41) is 0. The van der Waals surface area contributed by atoms with E-state index in [4.69, 9.17) is 15.2 Å². The first-order valence-electron chi connectivity index (χ1n) is 5.90. The van der Waals surface area contributed by atoms with Crippen LogP contribution in [-0.2, 0) is 9.47 Å². The number of hydrogen-bond donors (Lipinski definition) is 1.